The highest BCUT2D eigenvalue weighted by Gasteiger charge is 2.67. The third-order valence-electron chi connectivity index (χ3n) is 3.15. The summed E-state index contributed by atoms with van der Waals surface area (Å²) in [7, 11) is 0.550. The highest BCUT2D eigenvalue weighted by atomic mass is 19.3. The van der Waals surface area contributed by atoms with Crippen LogP contribution in [0.15, 0.2) is 34.3 Å². The summed E-state index contributed by atoms with van der Waals surface area (Å²) in [6.07, 6.45) is 0. The van der Waals surface area contributed by atoms with Gasteiger partial charge in [0.05, 0.1) is 24.3 Å². The summed E-state index contributed by atoms with van der Waals surface area (Å²) >= 11 is 0. The van der Waals surface area contributed by atoms with Crippen molar-refractivity contribution in [2.45, 2.75) is 19.3 Å². The molecule has 0 fully saturated rings. The summed E-state index contributed by atoms with van der Waals surface area (Å²) in [6.45, 7) is -0.431. The highest BCUT2D eigenvalue weighted by Crippen LogP contribution is 2.38. The van der Waals surface area contributed by atoms with Gasteiger partial charge in [-0.1, -0.05) is 7.43 Å². The molecule has 11 heteroatoms. The van der Waals surface area contributed by atoms with E-state index in [1.165, 1.54) is 12.1 Å². The van der Waals surface area contributed by atoms with E-state index in [0.29, 0.717) is 7.11 Å². The first-order valence-corrected chi connectivity index (χ1v) is 6.32. The maximum atomic E-state index is 13.8. The predicted octanol–water partition coefficient (Wildman–Crippen LogP) is 2.88. The van der Waals surface area contributed by atoms with Crippen LogP contribution < -0.4 is 0 Å². The number of aliphatic imine (C=N–C) groups is 2. The Labute approximate surface area is 139 Å². The molecule has 0 aliphatic carbocycles. The van der Waals surface area contributed by atoms with Gasteiger partial charge in [0, 0.05) is 12.1 Å². The largest absolute Gasteiger partial charge is 0.464 e. The highest BCUT2D eigenvalue weighted by molar-refractivity contribution is 6.15. The predicted molar refractivity (Wildman–Crippen MR) is 80.6 cm³/mol. The first-order chi connectivity index (χ1) is 11.1. The second-order valence-electron chi connectivity index (χ2n) is 4.64. The van der Waals surface area contributed by atoms with Crippen molar-refractivity contribution in [3.8, 4) is 0 Å². The molecule has 136 valence electrons. The standard InChI is InChI=1S/C13H9F4N3O4.CH4/c1-24-11(21)13(16,17)12(14,15)10-18-6-9(19-10)7-2-4-8(5-3-7)20(22)23;/h2-5H,6H2,1H3;1H4. The van der Waals surface area contributed by atoms with Crippen molar-refractivity contribution in [1.82, 2.24) is 0 Å². The normalized spacial score (nSPS) is 14.3. The van der Waals surface area contributed by atoms with Crippen molar-refractivity contribution in [2.24, 2.45) is 9.98 Å². The number of nitrogens with zero attached hydrogens (tertiary/aromatic N) is 3. The lowest BCUT2D eigenvalue weighted by Gasteiger charge is -2.22. The van der Waals surface area contributed by atoms with Crippen LogP contribution >= 0.6 is 0 Å². The Hall–Kier alpha value is -2.85. The van der Waals surface area contributed by atoms with Gasteiger partial charge in [0.1, 0.15) is 0 Å². The fourth-order valence-electron chi connectivity index (χ4n) is 1.85. The van der Waals surface area contributed by atoms with Crippen LogP contribution in [0.3, 0.4) is 0 Å². The smallest absolute Gasteiger partial charge is 0.412 e. The molecule has 1 aliphatic heterocycles. The summed E-state index contributed by atoms with van der Waals surface area (Å²) in [5.41, 5.74) is -0.113. The van der Waals surface area contributed by atoms with E-state index in [2.05, 4.69) is 14.7 Å². The minimum Gasteiger partial charge on any atom is -0.464 e. The van der Waals surface area contributed by atoms with Crippen LogP contribution in [0.2, 0.25) is 0 Å². The van der Waals surface area contributed by atoms with E-state index in [0.717, 1.165) is 12.1 Å². The number of halogens is 4. The minimum atomic E-state index is -5.13. The van der Waals surface area contributed by atoms with Gasteiger partial charge in [0.2, 0.25) is 5.84 Å². The molecule has 0 amide bonds. The number of non-ortho nitro benzene ring substituents is 1. The van der Waals surface area contributed by atoms with Crippen molar-refractivity contribution < 1.29 is 32.0 Å². The van der Waals surface area contributed by atoms with Crippen LogP contribution in [0.25, 0.3) is 0 Å². The first kappa shape index (κ1) is 20.2. The Balaban J connectivity index is 0.00000312. The summed E-state index contributed by atoms with van der Waals surface area (Å²) < 4.78 is 58.3. The van der Waals surface area contributed by atoms with E-state index in [-0.39, 0.29) is 24.4 Å². The number of rotatable bonds is 5. The molecular formula is C14H13F4N3O4. The van der Waals surface area contributed by atoms with Gasteiger partial charge >= 0.3 is 17.8 Å². The topological polar surface area (TPSA) is 94.2 Å². The number of amidine groups is 1. The number of methoxy groups -OCH3 is 1. The first-order valence-electron chi connectivity index (χ1n) is 6.32. The summed E-state index contributed by atoms with van der Waals surface area (Å²) in [5, 5.41) is 10.5. The molecule has 0 spiro atoms. The van der Waals surface area contributed by atoms with Crippen LogP contribution in [0.5, 0.6) is 0 Å². The Bertz CT molecular complexity index is 745. The molecule has 1 aliphatic rings. The molecule has 0 unspecified atom stereocenters. The summed E-state index contributed by atoms with van der Waals surface area (Å²) in [4.78, 5) is 27.4. The van der Waals surface area contributed by atoms with Crippen molar-refractivity contribution in [2.75, 3.05) is 13.7 Å². The van der Waals surface area contributed by atoms with E-state index in [4.69, 9.17) is 0 Å². The average Bonchev–Trinajstić information content (AvgIpc) is 3.04. The molecule has 1 heterocycles. The number of carbonyl (C=O) groups is 1. The fourth-order valence-corrected chi connectivity index (χ4v) is 1.85. The Kier molecular flexibility index (Phi) is 5.61. The van der Waals surface area contributed by atoms with Crippen LogP contribution in [0.4, 0.5) is 23.2 Å². The van der Waals surface area contributed by atoms with Gasteiger partial charge in [0.15, 0.2) is 0 Å². The summed E-state index contributed by atoms with van der Waals surface area (Å²) in [5.74, 6) is -14.0. The molecule has 0 saturated carbocycles. The molecule has 1 aromatic rings. The molecule has 7 nitrogen and oxygen atoms in total. The molecule has 0 atom stereocenters. The van der Waals surface area contributed by atoms with Crippen molar-refractivity contribution in [1.29, 1.82) is 0 Å². The second kappa shape index (κ2) is 6.95. The van der Waals surface area contributed by atoms with E-state index in [9.17, 15) is 32.5 Å². The molecule has 1 aromatic carbocycles. The number of hydrogen-bond acceptors (Lipinski definition) is 6. The lowest BCUT2D eigenvalue weighted by molar-refractivity contribution is -0.384. The average molecular weight is 363 g/mol. The zero-order valence-corrected chi connectivity index (χ0v) is 12.0. The van der Waals surface area contributed by atoms with Crippen molar-refractivity contribution >= 4 is 23.2 Å². The molecule has 0 aromatic heterocycles. The number of carbonyl (C=O) groups excluding carboxylic acids is 1. The van der Waals surface area contributed by atoms with Crippen molar-refractivity contribution in [3.63, 3.8) is 0 Å². The number of nitro benzene ring substituents is 1. The molecule has 0 bridgehead atoms. The van der Waals surface area contributed by atoms with Gasteiger partial charge in [-0.15, -0.1) is 0 Å². The Morgan fingerprint density at radius 2 is 1.80 bits per heavy atom. The molecule has 0 radical (unpaired) electrons. The van der Waals surface area contributed by atoms with Crippen LogP contribution in [0, 0.1) is 10.1 Å². The molecular weight excluding hydrogens is 350 g/mol. The lowest BCUT2D eigenvalue weighted by atomic mass is 10.1. The van der Waals surface area contributed by atoms with Crippen LogP contribution in [-0.4, -0.2) is 47.9 Å². The molecule has 0 N–H and O–H groups in total. The van der Waals surface area contributed by atoms with E-state index in [1.54, 1.807) is 0 Å². The van der Waals surface area contributed by atoms with E-state index >= 15 is 0 Å². The SMILES string of the molecule is C.COC(=O)C(F)(F)C(F)(F)C1=NCC(c2ccc([N+](=O)[O-])cc2)=N1. The Morgan fingerprint density at radius 1 is 1.24 bits per heavy atom. The van der Waals surface area contributed by atoms with Gasteiger partial charge in [0.25, 0.3) is 5.69 Å². The van der Waals surface area contributed by atoms with E-state index in [1.807, 2.05) is 0 Å². The number of alkyl halides is 4. The number of esters is 1. The number of nitro groups is 1. The third-order valence-corrected chi connectivity index (χ3v) is 3.15. The van der Waals surface area contributed by atoms with Crippen LogP contribution in [-0.2, 0) is 9.53 Å². The number of hydrogen-bond donors (Lipinski definition) is 0. The third kappa shape index (κ3) is 3.49. The number of ether oxygens (including phenoxy) is 1. The maximum absolute atomic E-state index is 13.8. The molecule has 0 saturated heterocycles. The minimum absolute atomic E-state index is 0. The molecule has 2 rings (SSSR count). The quantitative estimate of drug-likeness (QED) is 0.348. The summed E-state index contributed by atoms with van der Waals surface area (Å²) in [6, 6.07) is 4.67. The van der Waals surface area contributed by atoms with Crippen molar-refractivity contribution in [3.05, 3.63) is 39.9 Å². The van der Waals surface area contributed by atoms with Gasteiger partial charge in [-0.05, 0) is 17.7 Å². The zero-order valence-electron chi connectivity index (χ0n) is 12.0. The fraction of sp³-hybridized carbons (Fsp3) is 0.357. The maximum Gasteiger partial charge on any atom is 0.412 e. The lowest BCUT2D eigenvalue weighted by Crippen LogP contribution is -2.52. The Morgan fingerprint density at radius 3 is 2.28 bits per heavy atom. The van der Waals surface area contributed by atoms with Gasteiger partial charge in [-0.2, -0.15) is 17.6 Å². The zero-order chi connectivity index (χ0) is 18.1. The van der Waals surface area contributed by atoms with Crippen LogP contribution in [0.1, 0.15) is 13.0 Å². The number of benzene rings is 1. The molecule has 25 heavy (non-hydrogen) atoms. The van der Waals surface area contributed by atoms with E-state index < -0.39 is 35.1 Å². The second-order valence-corrected chi connectivity index (χ2v) is 4.64. The van der Waals surface area contributed by atoms with Gasteiger partial charge < -0.3 is 4.74 Å². The van der Waals surface area contributed by atoms with Gasteiger partial charge in [-0.25, -0.2) is 9.79 Å². The van der Waals surface area contributed by atoms with Gasteiger partial charge in [-0.3, -0.25) is 15.1 Å². The monoisotopic (exact) mass is 363 g/mol.